The fourth-order valence-electron chi connectivity index (χ4n) is 2.61. The number of nitrogens with zero attached hydrogens (tertiary/aromatic N) is 2. The Kier molecular flexibility index (Phi) is 5.83. The van der Waals surface area contributed by atoms with Gasteiger partial charge >= 0.3 is 0 Å². The van der Waals surface area contributed by atoms with Gasteiger partial charge in [-0.1, -0.05) is 23.7 Å². The lowest BCUT2D eigenvalue weighted by Gasteiger charge is -2.07. The number of rotatable bonds is 6. The van der Waals surface area contributed by atoms with E-state index in [1.54, 1.807) is 36.7 Å². The van der Waals surface area contributed by atoms with Crippen LogP contribution in [-0.4, -0.2) is 34.0 Å². The van der Waals surface area contributed by atoms with Crippen LogP contribution in [0.4, 0.5) is 5.82 Å². The first-order valence-electron chi connectivity index (χ1n) is 8.33. The average molecular weight is 384 g/mol. The number of aromatic nitrogens is 3. The molecule has 0 atom stereocenters. The van der Waals surface area contributed by atoms with Crippen molar-refractivity contribution in [3.63, 3.8) is 0 Å². The molecule has 0 saturated carbocycles. The molecule has 8 heteroatoms. The predicted octanol–water partition coefficient (Wildman–Crippen LogP) is 3.06. The molecule has 3 N–H and O–H groups in total. The van der Waals surface area contributed by atoms with Crippen LogP contribution in [0.15, 0.2) is 48.8 Å². The maximum atomic E-state index is 12.3. The Morgan fingerprint density at radius 1 is 1.11 bits per heavy atom. The minimum absolute atomic E-state index is 0.197. The van der Waals surface area contributed by atoms with Crippen molar-refractivity contribution in [3.05, 3.63) is 64.9 Å². The summed E-state index contributed by atoms with van der Waals surface area (Å²) in [6, 6.07) is 10.8. The minimum Gasteiger partial charge on any atom is -0.355 e. The number of halogens is 1. The molecule has 2 amide bonds. The highest BCUT2D eigenvalue weighted by atomic mass is 35.5. The van der Waals surface area contributed by atoms with Crippen LogP contribution in [0.3, 0.4) is 0 Å². The molecule has 0 bridgehead atoms. The quantitative estimate of drug-likeness (QED) is 0.609. The van der Waals surface area contributed by atoms with Gasteiger partial charge < -0.3 is 10.6 Å². The molecule has 0 spiro atoms. The highest BCUT2D eigenvalue weighted by Gasteiger charge is 2.22. The van der Waals surface area contributed by atoms with E-state index in [9.17, 15) is 9.59 Å². The Balaban J connectivity index is 1.76. The lowest BCUT2D eigenvalue weighted by molar-refractivity contribution is -0.116. The summed E-state index contributed by atoms with van der Waals surface area (Å²) in [7, 11) is 1.53. The van der Waals surface area contributed by atoms with Gasteiger partial charge in [-0.25, -0.2) is 0 Å². The molecule has 0 unspecified atom stereocenters. The van der Waals surface area contributed by atoms with Gasteiger partial charge in [-0.15, -0.1) is 0 Å². The van der Waals surface area contributed by atoms with Crippen LogP contribution < -0.4 is 10.6 Å². The second-order valence-electron chi connectivity index (χ2n) is 5.81. The van der Waals surface area contributed by atoms with Crippen molar-refractivity contribution in [1.82, 2.24) is 20.5 Å². The normalized spacial score (nSPS) is 10.4. The summed E-state index contributed by atoms with van der Waals surface area (Å²) in [6.07, 6.45) is 4.05. The number of benzene rings is 1. The van der Waals surface area contributed by atoms with Crippen LogP contribution in [0.25, 0.3) is 11.3 Å². The fraction of sp³-hybridized carbons (Fsp3) is 0.158. The van der Waals surface area contributed by atoms with Crippen molar-refractivity contribution >= 4 is 29.2 Å². The first-order chi connectivity index (χ1) is 13.1. The van der Waals surface area contributed by atoms with Crippen molar-refractivity contribution in [1.29, 1.82) is 0 Å². The van der Waals surface area contributed by atoms with E-state index in [-0.39, 0.29) is 29.6 Å². The van der Waals surface area contributed by atoms with E-state index in [0.29, 0.717) is 17.1 Å². The van der Waals surface area contributed by atoms with E-state index in [1.807, 2.05) is 12.1 Å². The highest BCUT2D eigenvalue weighted by molar-refractivity contribution is 6.30. The topological polar surface area (TPSA) is 99.8 Å². The zero-order valence-electron chi connectivity index (χ0n) is 14.6. The third-order valence-electron chi connectivity index (χ3n) is 4.00. The number of anilines is 1. The smallest absolute Gasteiger partial charge is 0.257 e. The third-order valence-corrected chi connectivity index (χ3v) is 4.25. The molecule has 138 valence electrons. The average Bonchev–Trinajstić information content (AvgIpc) is 3.11. The van der Waals surface area contributed by atoms with Crippen LogP contribution in [0.5, 0.6) is 0 Å². The maximum absolute atomic E-state index is 12.3. The largest absolute Gasteiger partial charge is 0.355 e. The summed E-state index contributed by atoms with van der Waals surface area (Å²) in [5.74, 6) is -0.381. The summed E-state index contributed by atoms with van der Waals surface area (Å²) in [5, 5.41) is 12.9. The van der Waals surface area contributed by atoms with Crippen LogP contribution in [-0.2, 0) is 11.2 Å². The predicted molar refractivity (Wildman–Crippen MR) is 104 cm³/mol. The van der Waals surface area contributed by atoms with E-state index in [2.05, 4.69) is 25.8 Å². The first kappa shape index (κ1) is 18.6. The first-order valence-corrected chi connectivity index (χ1v) is 8.71. The standard InChI is InChI=1S/C19H18ClN5O2/c1-21-19(27)16-17(13-8-10-22-11-9-13)24-25-18(16)23-15(26)7-4-12-2-5-14(20)6-3-12/h2-3,5-6,8-11H,4,7H2,1H3,(H,21,27)(H2,23,24,25,26). The Bertz CT molecular complexity index is 938. The molecule has 3 rings (SSSR count). The Hall–Kier alpha value is -3.19. The molecule has 3 aromatic rings. The van der Waals surface area contributed by atoms with E-state index < -0.39 is 0 Å². The Labute approximate surface area is 161 Å². The van der Waals surface area contributed by atoms with Gasteiger partial charge in [0, 0.05) is 36.4 Å². The van der Waals surface area contributed by atoms with Crippen LogP contribution in [0.2, 0.25) is 5.02 Å². The van der Waals surface area contributed by atoms with Crippen LogP contribution in [0.1, 0.15) is 22.3 Å². The van der Waals surface area contributed by atoms with Gasteiger partial charge in [-0.3, -0.25) is 19.7 Å². The number of hydrogen-bond acceptors (Lipinski definition) is 4. The minimum atomic E-state index is -0.344. The number of carbonyl (C=O) groups excluding carboxylic acids is 2. The fourth-order valence-corrected chi connectivity index (χ4v) is 2.74. The summed E-state index contributed by atoms with van der Waals surface area (Å²) >= 11 is 5.86. The number of H-pyrrole nitrogens is 1. The number of aromatic amines is 1. The highest BCUT2D eigenvalue weighted by Crippen LogP contribution is 2.26. The molecular weight excluding hydrogens is 366 g/mol. The third kappa shape index (κ3) is 4.51. The van der Waals surface area contributed by atoms with Gasteiger partial charge in [0.15, 0.2) is 5.82 Å². The van der Waals surface area contributed by atoms with E-state index in [1.165, 1.54) is 7.05 Å². The number of amides is 2. The van der Waals surface area contributed by atoms with Gasteiger partial charge in [0.25, 0.3) is 5.91 Å². The lowest BCUT2D eigenvalue weighted by Crippen LogP contribution is -2.21. The number of carbonyl (C=O) groups is 2. The Morgan fingerprint density at radius 2 is 1.81 bits per heavy atom. The monoisotopic (exact) mass is 383 g/mol. The maximum Gasteiger partial charge on any atom is 0.257 e. The van der Waals surface area contributed by atoms with Gasteiger partial charge in [0.2, 0.25) is 5.91 Å². The molecule has 0 saturated heterocycles. The molecule has 2 heterocycles. The molecular formula is C19H18ClN5O2. The number of pyridine rings is 1. The van der Waals surface area contributed by atoms with E-state index in [4.69, 9.17) is 11.6 Å². The summed E-state index contributed by atoms with van der Waals surface area (Å²) in [5.41, 5.74) is 2.55. The molecule has 0 fully saturated rings. The van der Waals surface area contributed by atoms with E-state index in [0.717, 1.165) is 11.1 Å². The number of aryl methyl sites for hydroxylation is 1. The van der Waals surface area contributed by atoms with Gasteiger partial charge in [0.05, 0.1) is 5.69 Å². The second-order valence-corrected chi connectivity index (χ2v) is 6.25. The molecule has 27 heavy (non-hydrogen) atoms. The van der Waals surface area contributed by atoms with Crippen LogP contribution in [0, 0.1) is 0 Å². The molecule has 7 nitrogen and oxygen atoms in total. The van der Waals surface area contributed by atoms with Crippen molar-refractivity contribution in [3.8, 4) is 11.3 Å². The lowest BCUT2D eigenvalue weighted by atomic mass is 10.1. The molecule has 1 aromatic carbocycles. The summed E-state index contributed by atoms with van der Waals surface area (Å²) in [6.45, 7) is 0. The zero-order valence-corrected chi connectivity index (χ0v) is 15.4. The second kappa shape index (κ2) is 8.46. The van der Waals surface area contributed by atoms with E-state index >= 15 is 0 Å². The van der Waals surface area contributed by atoms with Gasteiger partial charge in [-0.2, -0.15) is 5.10 Å². The molecule has 0 aliphatic rings. The van der Waals surface area contributed by atoms with Gasteiger partial charge in [-0.05, 0) is 36.2 Å². The molecule has 0 aliphatic heterocycles. The van der Waals surface area contributed by atoms with Gasteiger partial charge in [0.1, 0.15) is 5.56 Å². The summed E-state index contributed by atoms with van der Waals surface area (Å²) < 4.78 is 0. The van der Waals surface area contributed by atoms with Crippen LogP contribution >= 0.6 is 11.6 Å². The van der Waals surface area contributed by atoms with Crippen molar-refractivity contribution < 1.29 is 9.59 Å². The molecule has 0 aliphatic carbocycles. The number of hydrogen-bond donors (Lipinski definition) is 3. The SMILES string of the molecule is CNC(=O)c1c(NC(=O)CCc2ccc(Cl)cc2)n[nH]c1-c1ccncc1. The van der Waals surface area contributed by atoms with Crippen molar-refractivity contribution in [2.75, 3.05) is 12.4 Å². The number of nitrogens with one attached hydrogen (secondary N) is 3. The molecule has 0 radical (unpaired) electrons. The summed E-state index contributed by atoms with van der Waals surface area (Å²) in [4.78, 5) is 28.6. The van der Waals surface area contributed by atoms with Crippen molar-refractivity contribution in [2.24, 2.45) is 0 Å². The Morgan fingerprint density at radius 3 is 2.48 bits per heavy atom. The zero-order chi connectivity index (χ0) is 19.2. The molecule has 2 aromatic heterocycles. The van der Waals surface area contributed by atoms with Crippen molar-refractivity contribution in [2.45, 2.75) is 12.8 Å².